The number of aromatic nitrogens is 2. The molecule has 1 aliphatic carbocycles. The molecule has 1 amide bonds. The van der Waals surface area contributed by atoms with Crippen LogP contribution in [-0.4, -0.2) is 22.1 Å². The molecular weight excluding hydrogens is 302 g/mol. The molecule has 2 heterocycles. The molecule has 6 nitrogen and oxygen atoms in total. The van der Waals surface area contributed by atoms with E-state index in [1.807, 2.05) is 24.3 Å². The lowest BCUT2D eigenvalue weighted by Crippen LogP contribution is -2.08. The summed E-state index contributed by atoms with van der Waals surface area (Å²) in [6.07, 6.45) is 5.74. The van der Waals surface area contributed by atoms with E-state index in [9.17, 15) is 4.79 Å². The molecule has 4 rings (SSSR count). The maximum atomic E-state index is 12.3. The van der Waals surface area contributed by atoms with Gasteiger partial charge in [-0.3, -0.25) is 9.89 Å². The molecule has 2 N–H and O–H groups in total. The summed E-state index contributed by atoms with van der Waals surface area (Å²) in [5, 5.41) is 18.4. The van der Waals surface area contributed by atoms with Crippen molar-refractivity contribution in [3.63, 3.8) is 0 Å². The van der Waals surface area contributed by atoms with Gasteiger partial charge < -0.3 is 5.32 Å². The summed E-state index contributed by atoms with van der Waals surface area (Å²) in [6, 6.07) is 8.21. The van der Waals surface area contributed by atoms with Crippen LogP contribution in [0.15, 0.2) is 40.7 Å². The highest BCUT2D eigenvalue weighted by molar-refractivity contribution is 5.94. The number of aryl methyl sites for hydroxylation is 1. The summed E-state index contributed by atoms with van der Waals surface area (Å²) in [5.74, 6) is -0.377. The molecule has 0 unspecified atom stereocenters. The smallest absolute Gasteiger partial charge is 0.316 e. The topological polar surface area (TPSA) is 82.5 Å². The molecule has 1 aromatic carbocycles. The number of hydrogen-bond donors (Lipinski definition) is 2. The Hall–Kier alpha value is -2.76. The number of azo groups is 1. The molecular formula is C18H19N5O. The Kier molecular flexibility index (Phi) is 3.72. The highest BCUT2D eigenvalue weighted by Gasteiger charge is 2.23. The van der Waals surface area contributed by atoms with Gasteiger partial charge in [-0.1, -0.05) is 18.2 Å². The molecule has 0 saturated heterocycles. The van der Waals surface area contributed by atoms with Gasteiger partial charge in [0.1, 0.15) is 0 Å². The van der Waals surface area contributed by atoms with E-state index in [0.29, 0.717) is 5.69 Å². The van der Waals surface area contributed by atoms with Crippen molar-refractivity contribution in [1.82, 2.24) is 10.2 Å². The minimum atomic E-state index is -0.377. The first-order chi connectivity index (χ1) is 11.7. The number of nitrogens with one attached hydrogen (secondary N) is 2. The van der Waals surface area contributed by atoms with Gasteiger partial charge >= 0.3 is 5.91 Å². The van der Waals surface area contributed by atoms with Gasteiger partial charge in [-0.2, -0.15) is 10.2 Å². The van der Waals surface area contributed by atoms with E-state index < -0.39 is 0 Å². The summed E-state index contributed by atoms with van der Waals surface area (Å²) in [6.45, 7) is 2.06. The first kappa shape index (κ1) is 14.8. The molecule has 1 atom stereocenters. The summed E-state index contributed by atoms with van der Waals surface area (Å²) >= 11 is 0. The zero-order chi connectivity index (χ0) is 16.5. The molecule has 0 saturated carbocycles. The van der Waals surface area contributed by atoms with Crippen LogP contribution in [0.25, 0.3) is 5.57 Å². The van der Waals surface area contributed by atoms with Gasteiger partial charge in [-0.15, -0.1) is 5.11 Å². The number of H-pyrrole nitrogens is 1. The number of carbonyl (C=O) groups is 1. The van der Waals surface area contributed by atoms with Gasteiger partial charge in [-0.05, 0) is 38.7 Å². The lowest BCUT2D eigenvalue weighted by Gasteiger charge is -2.09. The second-order valence-electron chi connectivity index (χ2n) is 6.25. The Morgan fingerprint density at radius 1 is 1.29 bits per heavy atom. The number of para-hydroxylation sites is 1. The average molecular weight is 321 g/mol. The third-order valence-electron chi connectivity index (χ3n) is 4.68. The number of amides is 1. The summed E-state index contributed by atoms with van der Waals surface area (Å²) in [4.78, 5) is 12.3. The summed E-state index contributed by atoms with van der Waals surface area (Å²) in [7, 11) is 0. The standard InChI is InChI=1S/C18H19N5O/c1-11-14(12-6-2-4-8-15(12)20-11)10-19-23-18(24)17-13-7-3-5-9-16(13)21-22-17/h2,4,6,8,10-11,20H,3,5,7,9H2,1H3,(H,21,22)/b14-10+,23-19?/t11-/m0/s1. The zero-order valence-electron chi connectivity index (χ0n) is 13.5. The third kappa shape index (κ3) is 2.54. The lowest BCUT2D eigenvalue weighted by molar-refractivity contribution is 0.0989. The van der Waals surface area contributed by atoms with E-state index in [-0.39, 0.29) is 11.9 Å². The van der Waals surface area contributed by atoms with Gasteiger partial charge in [0.2, 0.25) is 0 Å². The van der Waals surface area contributed by atoms with Crippen LogP contribution >= 0.6 is 0 Å². The molecule has 2 aromatic rings. The Morgan fingerprint density at radius 3 is 3.04 bits per heavy atom. The number of hydrogen-bond acceptors (Lipinski definition) is 4. The number of aromatic amines is 1. The van der Waals surface area contributed by atoms with Crippen molar-refractivity contribution in [3.05, 3.63) is 53.0 Å². The second-order valence-corrected chi connectivity index (χ2v) is 6.25. The van der Waals surface area contributed by atoms with Crippen molar-refractivity contribution >= 4 is 17.2 Å². The molecule has 0 radical (unpaired) electrons. The third-order valence-corrected chi connectivity index (χ3v) is 4.68. The van der Waals surface area contributed by atoms with Gasteiger partial charge in [0.05, 0.1) is 12.2 Å². The predicted octanol–water partition coefficient (Wildman–Crippen LogP) is 3.74. The molecule has 6 heteroatoms. The maximum absolute atomic E-state index is 12.3. The molecule has 0 spiro atoms. The van der Waals surface area contributed by atoms with E-state index in [1.165, 1.54) is 0 Å². The normalized spacial score (nSPS) is 20.9. The molecule has 122 valence electrons. The van der Waals surface area contributed by atoms with E-state index in [1.54, 1.807) is 6.20 Å². The average Bonchev–Trinajstić information content (AvgIpc) is 3.16. The number of anilines is 1. The Morgan fingerprint density at radius 2 is 2.12 bits per heavy atom. The van der Waals surface area contributed by atoms with Crippen molar-refractivity contribution in [2.45, 2.75) is 38.6 Å². The first-order valence-electron chi connectivity index (χ1n) is 8.31. The van der Waals surface area contributed by atoms with Gasteiger partial charge in [0, 0.05) is 28.1 Å². The number of benzene rings is 1. The van der Waals surface area contributed by atoms with Crippen LogP contribution in [0.5, 0.6) is 0 Å². The Bertz CT molecular complexity index is 849. The molecule has 1 aliphatic heterocycles. The Labute approximate surface area is 140 Å². The number of fused-ring (bicyclic) bond motifs is 2. The van der Waals surface area contributed by atoms with Crippen LogP contribution in [0, 0.1) is 0 Å². The van der Waals surface area contributed by atoms with Gasteiger partial charge in [0.15, 0.2) is 5.69 Å². The van der Waals surface area contributed by atoms with Gasteiger partial charge in [-0.25, -0.2) is 0 Å². The van der Waals surface area contributed by atoms with Crippen LogP contribution in [0.3, 0.4) is 0 Å². The fourth-order valence-corrected chi connectivity index (χ4v) is 3.43. The molecule has 1 aromatic heterocycles. The fourth-order valence-electron chi connectivity index (χ4n) is 3.43. The van der Waals surface area contributed by atoms with Crippen LogP contribution in [0.1, 0.15) is 47.1 Å². The summed E-state index contributed by atoms with van der Waals surface area (Å²) < 4.78 is 0. The summed E-state index contributed by atoms with van der Waals surface area (Å²) in [5.41, 5.74) is 5.73. The number of carbonyl (C=O) groups excluding carboxylic acids is 1. The van der Waals surface area contributed by atoms with Crippen molar-refractivity contribution < 1.29 is 4.79 Å². The lowest BCUT2D eigenvalue weighted by atomic mass is 9.96. The zero-order valence-corrected chi connectivity index (χ0v) is 13.5. The minimum Gasteiger partial charge on any atom is -0.378 e. The van der Waals surface area contributed by atoms with Crippen LogP contribution < -0.4 is 5.32 Å². The molecule has 0 fully saturated rings. The maximum Gasteiger partial charge on any atom is 0.316 e. The molecule has 0 bridgehead atoms. The van der Waals surface area contributed by atoms with E-state index in [0.717, 1.165) is 53.8 Å². The van der Waals surface area contributed by atoms with Crippen LogP contribution in [0.4, 0.5) is 5.69 Å². The van der Waals surface area contributed by atoms with Crippen molar-refractivity contribution in [2.75, 3.05) is 5.32 Å². The van der Waals surface area contributed by atoms with Crippen molar-refractivity contribution in [3.8, 4) is 0 Å². The number of nitrogens with zero attached hydrogens (tertiary/aromatic N) is 3. The fraction of sp³-hybridized carbons (Fsp3) is 0.333. The minimum absolute atomic E-state index is 0.148. The van der Waals surface area contributed by atoms with E-state index in [2.05, 4.69) is 32.7 Å². The SMILES string of the molecule is C[C@@H]1Nc2ccccc2/C1=C/N=NC(=O)c1n[nH]c2c1CCCC2. The number of rotatable bonds is 2. The highest BCUT2D eigenvalue weighted by atomic mass is 16.2. The van der Waals surface area contributed by atoms with Crippen molar-refractivity contribution in [2.24, 2.45) is 10.2 Å². The molecule has 2 aliphatic rings. The van der Waals surface area contributed by atoms with Crippen LogP contribution in [-0.2, 0) is 12.8 Å². The first-order valence-corrected chi connectivity index (χ1v) is 8.31. The van der Waals surface area contributed by atoms with E-state index >= 15 is 0 Å². The largest absolute Gasteiger partial charge is 0.378 e. The monoisotopic (exact) mass is 321 g/mol. The second kappa shape index (κ2) is 6.03. The predicted molar refractivity (Wildman–Crippen MR) is 91.9 cm³/mol. The highest BCUT2D eigenvalue weighted by Crippen LogP contribution is 2.34. The quantitative estimate of drug-likeness (QED) is 0.827. The van der Waals surface area contributed by atoms with Crippen LogP contribution in [0.2, 0.25) is 0 Å². The van der Waals surface area contributed by atoms with E-state index in [4.69, 9.17) is 0 Å². The Balaban J connectivity index is 1.55. The van der Waals surface area contributed by atoms with Gasteiger partial charge in [0.25, 0.3) is 0 Å². The molecule has 24 heavy (non-hydrogen) atoms. The van der Waals surface area contributed by atoms with Crippen molar-refractivity contribution in [1.29, 1.82) is 0 Å².